The number of carbonyl (C=O) groups excluding carboxylic acids is 2. The van der Waals surface area contributed by atoms with Gasteiger partial charge in [-0.1, -0.05) is 6.07 Å². The summed E-state index contributed by atoms with van der Waals surface area (Å²) in [7, 11) is 0. The SMILES string of the molecule is C[C@@H](CC(=O)c1cccs1)NC(=O)[C@H]1CCOC1. The van der Waals surface area contributed by atoms with Crippen molar-refractivity contribution in [2.45, 2.75) is 25.8 Å². The van der Waals surface area contributed by atoms with Gasteiger partial charge in [-0.2, -0.15) is 0 Å². The van der Waals surface area contributed by atoms with Crippen molar-refractivity contribution in [1.29, 1.82) is 0 Å². The smallest absolute Gasteiger partial charge is 0.225 e. The van der Waals surface area contributed by atoms with Crippen LogP contribution < -0.4 is 5.32 Å². The van der Waals surface area contributed by atoms with Gasteiger partial charge in [0.25, 0.3) is 0 Å². The third-order valence-corrected chi connectivity index (χ3v) is 3.89. The average molecular weight is 267 g/mol. The van der Waals surface area contributed by atoms with Crippen LogP contribution in [0.5, 0.6) is 0 Å². The van der Waals surface area contributed by atoms with Crippen LogP contribution in [0.3, 0.4) is 0 Å². The highest BCUT2D eigenvalue weighted by Crippen LogP contribution is 2.14. The third-order valence-electron chi connectivity index (χ3n) is 2.98. The molecule has 0 spiro atoms. The Morgan fingerprint density at radius 1 is 1.61 bits per heavy atom. The van der Waals surface area contributed by atoms with E-state index in [1.54, 1.807) is 0 Å². The summed E-state index contributed by atoms with van der Waals surface area (Å²) < 4.78 is 5.17. The Bertz CT molecular complexity index is 410. The molecule has 18 heavy (non-hydrogen) atoms. The first-order valence-electron chi connectivity index (χ1n) is 6.11. The molecule has 1 aliphatic rings. The number of thiophene rings is 1. The third kappa shape index (κ3) is 3.40. The van der Waals surface area contributed by atoms with E-state index in [0.29, 0.717) is 19.6 Å². The predicted molar refractivity (Wildman–Crippen MR) is 69.8 cm³/mol. The van der Waals surface area contributed by atoms with E-state index in [9.17, 15) is 9.59 Å². The van der Waals surface area contributed by atoms with E-state index in [2.05, 4.69) is 5.32 Å². The number of ether oxygens (including phenoxy) is 1. The number of nitrogens with one attached hydrogen (secondary N) is 1. The van der Waals surface area contributed by atoms with E-state index < -0.39 is 0 Å². The number of amides is 1. The minimum atomic E-state index is -0.132. The Kier molecular flexibility index (Phi) is 4.49. The lowest BCUT2D eigenvalue weighted by atomic mass is 10.1. The number of carbonyl (C=O) groups is 2. The lowest BCUT2D eigenvalue weighted by Crippen LogP contribution is -2.38. The molecule has 1 aromatic heterocycles. The second-order valence-electron chi connectivity index (χ2n) is 4.57. The second kappa shape index (κ2) is 6.11. The molecule has 0 aromatic carbocycles. The summed E-state index contributed by atoms with van der Waals surface area (Å²) in [4.78, 5) is 24.4. The monoisotopic (exact) mass is 267 g/mol. The molecule has 4 nitrogen and oxygen atoms in total. The minimum absolute atomic E-state index is 0.000945. The fourth-order valence-electron chi connectivity index (χ4n) is 1.97. The predicted octanol–water partition coefficient (Wildman–Crippen LogP) is 1.86. The summed E-state index contributed by atoms with van der Waals surface area (Å²) in [6, 6.07) is 3.54. The summed E-state index contributed by atoms with van der Waals surface area (Å²) in [5.41, 5.74) is 0. The molecule has 1 amide bonds. The maximum Gasteiger partial charge on any atom is 0.225 e. The van der Waals surface area contributed by atoms with E-state index >= 15 is 0 Å². The van der Waals surface area contributed by atoms with Crippen LogP contribution in [0, 0.1) is 5.92 Å². The van der Waals surface area contributed by atoms with Crippen LogP contribution in [-0.4, -0.2) is 30.9 Å². The largest absolute Gasteiger partial charge is 0.381 e. The highest BCUT2D eigenvalue weighted by atomic mass is 32.1. The normalized spacial score (nSPS) is 20.6. The lowest BCUT2D eigenvalue weighted by molar-refractivity contribution is -0.125. The molecule has 2 heterocycles. The molecule has 0 saturated carbocycles. The van der Waals surface area contributed by atoms with Gasteiger partial charge in [0.1, 0.15) is 0 Å². The summed E-state index contributed by atoms with van der Waals surface area (Å²) in [6.45, 7) is 3.01. The van der Waals surface area contributed by atoms with E-state index in [4.69, 9.17) is 4.74 Å². The fraction of sp³-hybridized carbons (Fsp3) is 0.538. The molecule has 0 aliphatic carbocycles. The van der Waals surface area contributed by atoms with Gasteiger partial charge in [-0.05, 0) is 24.8 Å². The van der Waals surface area contributed by atoms with Gasteiger partial charge in [0.2, 0.25) is 5.91 Å². The summed E-state index contributed by atoms with van der Waals surface area (Å²) in [6.07, 6.45) is 1.12. The summed E-state index contributed by atoms with van der Waals surface area (Å²) in [5.74, 6) is 0.0312. The Morgan fingerprint density at radius 2 is 2.44 bits per heavy atom. The van der Waals surface area contributed by atoms with Crippen LogP contribution in [0.15, 0.2) is 17.5 Å². The number of Topliss-reactive ketones (excluding diaryl/α,β-unsaturated/α-hetero) is 1. The van der Waals surface area contributed by atoms with Crippen molar-refractivity contribution in [3.8, 4) is 0 Å². The lowest BCUT2D eigenvalue weighted by Gasteiger charge is -2.15. The van der Waals surface area contributed by atoms with Gasteiger partial charge in [0.15, 0.2) is 5.78 Å². The molecule has 1 aromatic rings. The van der Waals surface area contributed by atoms with E-state index in [1.807, 2.05) is 24.4 Å². The molecule has 1 aliphatic heterocycles. The number of hydrogen-bond donors (Lipinski definition) is 1. The fourth-order valence-corrected chi connectivity index (χ4v) is 2.64. The van der Waals surface area contributed by atoms with Crippen molar-refractivity contribution in [1.82, 2.24) is 5.32 Å². The summed E-state index contributed by atoms with van der Waals surface area (Å²) >= 11 is 1.43. The zero-order valence-corrected chi connectivity index (χ0v) is 11.2. The van der Waals surface area contributed by atoms with Crippen LogP contribution in [0.2, 0.25) is 0 Å². The van der Waals surface area contributed by atoms with Gasteiger partial charge >= 0.3 is 0 Å². The van der Waals surface area contributed by atoms with Crippen molar-refractivity contribution in [3.05, 3.63) is 22.4 Å². The molecular weight excluding hydrogens is 250 g/mol. The highest BCUT2D eigenvalue weighted by molar-refractivity contribution is 7.12. The van der Waals surface area contributed by atoms with Gasteiger partial charge in [-0.3, -0.25) is 9.59 Å². The van der Waals surface area contributed by atoms with Crippen LogP contribution in [0.25, 0.3) is 0 Å². The minimum Gasteiger partial charge on any atom is -0.381 e. The van der Waals surface area contributed by atoms with Gasteiger partial charge in [-0.15, -0.1) is 11.3 Å². The van der Waals surface area contributed by atoms with E-state index in [0.717, 1.165) is 11.3 Å². The molecule has 1 N–H and O–H groups in total. The Morgan fingerprint density at radius 3 is 3.06 bits per heavy atom. The standard InChI is InChI=1S/C13H17NO3S/c1-9(7-11(15)12-3-2-6-18-12)14-13(16)10-4-5-17-8-10/h2-3,6,9-10H,4-5,7-8H2,1H3,(H,14,16)/t9-,10-/m0/s1. The van der Waals surface area contributed by atoms with Crippen LogP contribution in [0.4, 0.5) is 0 Å². The Labute approximate surface area is 110 Å². The second-order valence-corrected chi connectivity index (χ2v) is 5.52. The number of ketones is 1. The molecule has 0 bridgehead atoms. The van der Waals surface area contributed by atoms with Crippen LogP contribution >= 0.6 is 11.3 Å². The number of hydrogen-bond acceptors (Lipinski definition) is 4. The maximum absolute atomic E-state index is 11.9. The molecular formula is C13H17NO3S. The van der Waals surface area contributed by atoms with Crippen molar-refractivity contribution in [2.75, 3.05) is 13.2 Å². The van der Waals surface area contributed by atoms with E-state index in [1.165, 1.54) is 11.3 Å². The molecule has 0 unspecified atom stereocenters. The van der Waals surface area contributed by atoms with Gasteiger partial charge in [0.05, 0.1) is 17.4 Å². The number of rotatable bonds is 5. The Hall–Kier alpha value is -1.20. The van der Waals surface area contributed by atoms with Crippen LogP contribution in [-0.2, 0) is 9.53 Å². The quantitative estimate of drug-likeness (QED) is 0.828. The molecule has 2 atom stereocenters. The zero-order valence-electron chi connectivity index (χ0n) is 10.3. The zero-order chi connectivity index (χ0) is 13.0. The van der Waals surface area contributed by atoms with Crippen molar-refractivity contribution in [3.63, 3.8) is 0 Å². The first-order valence-corrected chi connectivity index (χ1v) is 6.99. The maximum atomic E-state index is 11.9. The van der Waals surface area contributed by atoms with Crippen molar-refractivity contribution in [2.24, 2.45) is 5.92 Å². The van der Waals surface area contributed by atoms with E-state index in [-0.39, 0.29) is 23.7 Å². The van der Waals surface area contributed by atoms with Crippen molar-refractivity contribution >= 4 is 23.0 Å². The Balaban J connectivity index is 1.79. The topological polar surface area (TPSA) is 55.4 Å². The highest BCUT2D eigenvalue weighted by Gasteiger charge is 2.25. The molecule has 98 valence electrons. The molecule has 1 fully saturated rings. The van der Waals surface area contributed by atoms with Crippen molar-refractivity contribution < 1.29 is 14.3 Å². The molecule has 0 radical (unpaired) electrons. The summed E-state index contributed by atoms with van der Waals surface area (Å²) in [5, 5.41) is 4.76. The van der Waals surface area contributed by atoms with Gasteiger partial charge < -0.3 is 10.1 Å². The van der Waals surface area contributed by atoms with Gasteiger partial charge in [0, 0.05) is 19.1 Å². The molecule has 2 rings (SSSR count). The first kappa shape index (κ1) is 13.2. The molecule has 1 saturated heterocycles. The average Bonchev–Trinajstić information content (AvgIpc) is 3.02. The molecule has 5 heteroatoms. The van der Waals surface area contributed by atoms with Gasteiger partial charge in [-0.25, -0.2) is 0 Å². The first-order chi connectivity index (χ1) is 8.66. The van der Waals surface area contributed by atoms with Crippen LogP contribution in [0.1, 0.15) is 29.4 Å².